The number of fused-ring (bicyclic) bond motifs is 1. The summed E-state index contributed by atoms with van der Waals surface area (Å²) in [4.78, 5) is 0. The zero-order chi connectivity index (χ0) is 17.8. The summed E-state index contributed by atoms with van der Waals surface area (Å²) in [6, 6.07) is 14.1. The van der Waals surface area contributed by atoms with Gasteiger partial charge in [0.1, 0.15) is 0 Å². The van der Waals surface area contributed by atoms with E-state index in [1.54, 1.807) is 6.07 Å². The van der Waals surface area contributed by atoms with E-state index in [4.69, 9.17) is 23.2 Å². The molecule has 0 unspecified atom stereocenters. The van der Waals surface area contributed by atoms with E-state index in [1.165, 1.54) is 16.5 Å². The molecule has 0 aliphatic carbocycles. The van der Waals surface area contributed by atoms with Gasteiger partial charge in [0, 0.05) is 46.3 Å². The summed E-state index contributed by atoms with van der Waals surface area (Å²) in [7, 11) is 0. The molecule has 0 bridgehead atoms. The van der Waals surface area contributed by atoms with E-state index < -0.39 is 0 Å². The van der Waals surface area contributed by atoms with E-state index in [0.29, 0.717) is 16.6 Å². The van der Waals surface area contributed by atoms with Crippen LogP contribution >= 0.6 is 23.2 Å². The molecule has 0 radical (unpaired) electrons. The second kappa shape index (κ2) is 8.24. The van der Waals surface area contributed by atoms with Crippen LogP contribution in [-0.2, 0) is 13.1 Å². The summed E-state index contributed by atoms with van der Waals surface area (Å²) in [5.74, 6) is 0. The Morgan fingerprint density at radius 1 is 1.12 bits per heavy atom. The summed E-state index contributed by atoms with van der Waals surface area (Å²) in [6.07, 6.45) is 3.06. The second-order valence-corrected chi connectivity index (χ2v) is 7.05. The highest BCUT2D eigenvalue weighted by molar-refractivity contribution is 6.35. The van der Waals surface area contributed by atoms with E-state index in [9.17, 15) is 5.11 Å². The van der Waals surface area contributed by atoms with Crippen LogP contribution < -0.4 is 5.32 Å². The van der Waals surface area contributed by atoms with Crippen LogP contribution in [0.5, 0.6) is 0 Å². The number of hydrogen-bond acceptors (Lipinski definition) is 2. The van der Waals surface area contributed by atoms with Gasteiger partial charge in [-0.1, -0.05) is 54.4 Å². The molecular formula is C20H22Cl2N2O. The van der Waals surface area contributed by atoms with E-state index in [2.05, 4.69) is 41.2 Å². The first-order valence-electron chi connectivity index (χ1n) is 8.47. The Kier molecular flexibility index (Phi) is 6.02. The molecule has 0 aliphatic rings. The lowest BCUT2D eigenvalue weighted by molar-refractivity contribution is 0.238. The lowest BCUT2D eigenvalue weighted by Gasteiger charge is -2.13. The first-order chi connectivity index (χ1) is 12.1. The number of benzene rings is 2. The molecular weight excluding hydrogens is 355 g/mol. The highest BCUT2D eigenvalue weighted by Gasteiger charge is 2.11. The van der Waals surface area contributed by atoms with Crippen molar-refractivity contribution in [3.63, 3.8) is 0 Å². The van der Waals surface area contributed by atoms with E-state index >= 15 is 0 Å². The van der Waals surface area contributed by atoms with Crippen LogP contribution in [-0.4, -0.2) is 22.3 Å². The average Bonchev–Trinajstić information content (AvgIpc) is 2.96. The average molecular weight is 377 g/mol. The summed E-state index contributed by atoms with van der Waals surface area (Å²) in [5.41, 5.74) is 3.42. The van der Waals surface area contributed by atoms with Crippen molar-refractivity contribution in [2.24, 2.45) is 0 Å². The number of aliphatic hydroxyl groups excluding tert-OH is 1. The molecule has 0 spiro atoms. The van der Waals surface area contributed by atoms with Gasteiger partial charge in [0.15, 0.2) is 0 Å². The number of aliphatic hydroxyl groups is 1. The topological polar surface area (TPSA) is 37.2 Å². The Balaban J connectivity index is 1.90. The number of nitrogens with one attached hydrogen (secondary N) is 1. The normalized spacial score (nSPS) is 12.6. The summed E-state index contributed by atoms with van der Waals surface area (Å²) < 4.78 is 2.21. The van der Waals surface area contributed by atoms with Gasteiger partial charge in [-0.2, -0.15) is 0 Å². The SMILES string of the molecule is CC[C@@H](CO)NCc1cn(Cc2ccc(Cl)cc2Cl)c2ccccc12. The molecule has 25 heavy (non-hydrogen) atoms. The molecule has 1 aromatic heterocycles. The number of nitrogens with zero attached hydrogens (tertiary/aromatic N) is 1. The fraction of sp³-hybridized carbons (Fsp3) is 0.300. The van der Waals surface area contributed by atoms with Gasteiger partial charge in [0.25, 0.3) is 0 Å². The Labute approximate surface area is 158 Å². The van der Waals surface area contributed by atoms with Crippen molar-refractivity contribution in [2.45, 2.75) is 32.5 Å². The summed E-state index contributed by atoms with van der Waals surface area (Å²) in [6.45, 7) is 3.63. The Morgan fingerprint density at radius 3 is 2.64 bits per heavy atom. The minimum atomic E-state index is 0.118. The Hall–Kier alpha value is -1.52. The van der Waals surface area contributed by atoms with E-state index in [-0.39, 0.29) is 12.6 Å². The predicted molar refractivity (Wildman–Crippen MR) is 106 cm³/mol. The maximum atomic E-state index is 9.38. The van der Waals surface area contributed by atoms with Crippen molar-refractivity contribution >= 4 is 34.1 Å². The first kappa shape index (κ1) is 18.3. The van der Waals surface area contributed by atoms with Crippen LogP contribution in [0.1, 0.15) is 24.5 Å². The molecule has 3 rings (SSSR count). The van der Waals surface area contributed by atoms with Gasteiger partial charge in [0.05, 0.1) is 6.61 Å². The zero-order valence-corrected chi connectivity index (χ0v) is 15.7. The number of halogens is 2. The van der Waals surface area contributed by atoms with Crippen molar-refractivity contribution < 1.29 is 5.11 Å². The largest absolute Gasteiger partial charge is 0.395 e. The zero-order valence-electron chi connectivity index (χ0n) is 14.2. The standard InChI is InChI=1S/C20H22Cl2N2O/c1-2-17(13-25)23-10-15-12-24(20-6-4-3-5-18(15)20)11-14-7-8-16(21)9-19(14)22/h3-9,12,17,23,25H,2,10-11,13H2,1H3/t17-/m0/s1. The maximum absolute atomic E-state index is 9.38. The fourth-order valence-corrected chi connectivity index (χ4v) is 3.49. The molecule has 1 atom stereocenters. The number of hydrogen-bond donors (Lipinski definition) is 2. The second-order valence-electron chi connectivity index (χ2n) is 6.20. The molecule has 2 N–H and O–H groups in total. The fourth-order valence-electron chi connectivity index (χ4n) is 3.02. The van der Waals surface area contributed by atoms with Crippen LogP contribution in [0.2, 0.25) is 10.0 Å². The van der Waals surface area contributed by atoms with Crippen molar-refractivity contribution in [1.29, 1.82) is 0 Å². The van der Waals surface area contributed by atoms with E-state index in [1.807, 2.05) is 18.2 Å². The van der Waals surface area contributed by atoms with Gasteiger partial charge in [0.2, 0.25) is 0 Å². The van der Waals surface area contributed by atoms with Gasteiger partial charge in [-0.15, -0.1) is 0 Å². The molecule has 3 nitrogen and oxygen atoms in total. The van der Waals surface area contributed by atoms with Crippen molar-refractivity contribution in [3.8, 4) is 0 Å². The van der Waals surface area contributed by atoms with Gasteiger partial charge in [-0.05, 0) is 35.7 Å². The molecule has 0 aliphatic heterocycles. The monoisotopic (exact) mass is 376 g/mol. The first-order valence-corrected chi connectivity index (χ1v) is 9.23. The van der Waals surface area contributed by atoms with E-state index in [0.717, 1.165) is 18.5 Å². The Bertz CT molecular complexity index is 856. The van der Waals surface area contributed by atoms with Crippen LogP contribution in [0.3, 0.4) is 0 Å². The van der Waals surface area contributed by atoms with Crippen molar-refractivity contribution in [2.75, 3.05) is 6.61 Å². The highest BCUT2D eigenvalue weighted by Crippen LogP contribution is 2.26. The number of aromatic nitrogens is 1. The van der Waals surface area contributed by atoms with Crippen LogP contribution in [0.15, 0.2) is 48.7 Å². The van der Waals surface area contributed by atoms with Crippen LogP contribution in [0.25, 0.3) is 10.9 Å². The highest BCUT2D eigenvalue weighted by atomic mass is 35.5. The Morgan fingerprint density at radius 2 is 1.92 bits per heavy atom. The van der Waals surface area contributed by atoms with Crippen LogP contribution in [0, 0.1) is 0 Å². The molecule has 0 saturated carbocycles. The third kappa shape index (κ3) is 4.18. The molecule has 0 saturated heterocycles. The molecule has 1 heterocycles. The number of para-hydroxylation sites is 1. The third-order valence-corrected chi connectivity index (χ3v) is 5.11. The molecule has 0 fully saturated rings. The third-order valence-electron chi connectivity index (χ3n) is 4.52. The predicted octanol–water partition coefficient (Wildman–Crippen LogP) is 4.86. The van der Waals surface area contributed by atoms with Crippen LogP contribution in [0.4, 0.5) is 0 Å². The summed E-state index contributed by atoms with van der Waals surface area (Å²) in [5, 5.41) is 15.3. The molecule has 2 aromatic carbocycles. The minimum Gasteiger partial charge on any atom is -0.395 e. The maximum Gasteiger partial charge on any atom is 0.0584 e. The van der Waals surface area contributed by atoms with Gasteiger partial charge < -0.3 is 15.0 Å². The minimum absolute atomic E-state index is 0.118. The molecule has 5 heteroatoms. The summed E-state index contributed by atoms with van der Waals surface area (Å²) >= 11 is 12.3. The van der Waals surface area contributed by atoms with Gasteiger partial charge in [-0.3, -0.25) is 0 Å². The van der Waals surface area contributed by atoms with Crippen molar-refractivity contribution in [1.82, 2.24) is 9.88 Å². The van der Waals surface area contributed by atoms with Gasteiger partial charge >= 0.3 is 0 Å². The number of rotatable bonds is 7. The quantitative estimate of drug-likeness (QED) is 0.617. The van der Waals surface area contributed by atoms with Crippen molar-refractivity contribution in [3.05, 3.63) is 69.8 Å². The molecule has 0 amide bonds. The molecule has 132 valence electrons. The lowest BCUT2D eigenvalue weighted by Crippen LogP contribution is -2.31. The molecule has 3 aromatic rings. The smallest absolute Gasteiger partial charge is 0.0584 e. The van der Waals surface area contributed by atoms with Gasteiger partial charge in [-0.25, -0.2) is 0 Å². The lowest BCUT2D eigenvalue weighted by atomic mass is 10.1.